The van der Waals surface area contributed by atoms with Crippen molar-refractivity contribution < 1.29 is 14.3 Å². The number of hydrogen-bond acceptors (Lipinski definition) is 5. The lowest BCUT2D eigenvalue weighted by Gasteiger charge is -2.08. The van der Waals surface area contributed by atoms with Crippen LogP contribution < -0.4 is 5.32 Å². The number of ether oxygens (including phenoxy) is 1. The molecule has 1 heterocycles. The lowest BCUT2D eigenvalue weighted by molar-refractivity contribution is -0.119. The number of thiophene rings is 1. The number of esters is 1. The average Bonchev–Trinajstić information content (AvgIpc) is 2.94. The van der Waals surface area contributed by atoms with E-state index in [0.717, 1.165) is 23.3 Å². The first-order valence-electron chi connectivity index (χ1n) is 7.70. The zero-order chi connectivity index (χ0) is 18.4. The lowest BCUT2D eigenvalue weighted by Crippen LogP contribution is -2.21. The quantitative estimate of drug-likeness (QED) is 0.761. The number of rotatable bonds is 6. The van der Waals surface area contributed by atoms with Gasteiger partial charge in [-0.15, -0.1) is 11.3 Å². The van der Waals surface area contributed by atoms with Gasteiger partial charge in [0.15, 0.2) is 6.61 Å². The Balaban J connectivity index is 1.96. The summed E-state index contributed by atoms with van der Waals surface area (Å²) in [5.74, 6) is -1.06. The summed E-state index contributed by atoms with van der Waals surface area (Å²) < 4.78 is 5.06. The number of nitrogens with one attached hydrogen (secondary N) is 1. The molecule has 0 aliphatic rings. The molecule has 5 nitrogen and oxygen atoms in total. The molecule has 0 atom stereocenters. The molecule has 2 rings (SSSR count). The van der Waals surface area contributed by atoms with Gasteiger partial charge in [0.1, 0.15) is 10.9 Å². The number of aryl methyl sites for hydroxylation is 2. The molecule has 25 heavy (non-hydrogen) atoms. The number of carbonyl (C=O) groups is 2. The number of nitrogens with zero attached hydrogens (tertiary/aromatic N) is 1. The predicted molar refractivity (Wildman–Crippen MR) is 98.1 cm³/mol. The molecule has 1 N–H and O–H groups in total. The van der Waals surface area contributed by atoms with Gasteiger partial charge in [0.25, 0.3) is 5.91 Å². The third kappa shape index (κ3) is 5.05. The number of halogens is 1. The van der Waals surface area contributed by atoms with Crippen LogP contribution in [0.25, 0.3) is 0 Å². The Bertz CT molecular complexity index is 839. The first-order valence-corrected chi connectivity index (χ1v) is 8.90. The molecule has 0 fully saturated rings. The van der Waals surface area contributed by atoms with Crippen molar-refractivity contribution in [3.8, 4) is 6.07 Å². The monoisotopic (exact) mass is 376 g/mol. The number of carbonyl (C=O) groups excluding carboxylic acids is 2. The molecule has 7 heteroatoms. The fourth-order valence-electron chi connectivity index (χ4n) is 2.24. The number of benzene rings is 1. The van der Waals surface area contributed by atoms with E-state index >= 15 is 0 Å². The van der Waals surface area contributed by atoms with E-state index in [4.69, 9.17) is 21.6 Å². The summed E-state index contributed by atoms with van der Waals surface area (Å²) in [7, 11) is 0. The molecule has 0 radical (unpaired) electrons. The largest absolute Gasteiger partial charge is 0.451 e. The topological polar surface area (TPSA) is 79.2 Å². The minimum Gasteiger partial charge on any atom is -0.451 e. The first kappa shape index (κ1) is 19.0. The summed E-state index contributed by atoms with van der Waals surface area (Å²) in [6.07, 6.45) is 1.90. The van der Waals surface area contributed by atoms with E-state index in [2.05, 4.69) is 12.2 Å². The summed E-state index contributed by atoms with van der Waals surface area (Å²) in [6, 6.07) is 8.31. The van der Waals surface area contributed by atoms with Crippen molar-refractivity contribution in [3.63, 3.8) is 0 Å². The van der Waals surface area contributed by atoms with Gasteiger partial charge in [0.05, 0.1) is 11.3 Å². The Kier molecular flexibility index (Phi) is 6.57. The van der Waals surface area contributed by atoms with Crippen LogP contribution >= 0.6 is 22.9 Å². The van der Waals surface area contributed by atoms with Gasteiger partial charge in [-0.05, 0) is 43.2 Å². The third-order valence-corrected chi connectivity index (χ3v) is 4.76. The van der Waals surface area contributed by atoms with E-state index in [0.29, 0.717) is 9.90 Å². The fourth-order valence-corrected chi connectivity index (χ4v) is 3.38. The Morgan fingerprint density at radius 2 is 2.12 bits per heavy atom. The second kappa shape index (κ2) is 8.65. The van der Waals surface area contributed by atoms with Gasteiger partial charge in [-0.1, -0.05) is 24.9 Å². The zero-order valence-corrected chi connectivity index (χ0v) is 15.5. The Morgan fingerprint density at radius 3 is 2.80 bits per heavy atom. The third-order valence-electron chi connectivity index (χ3n) is 3.45. The Labute approximate surface area is 155 Å². The van der Waals surface area contributed by atoms with Crippen LogP contribution in [0.15, 0.2) is 24.3 Å². The van der Waals surface area contributed by atoms with E-state index in [1.807, 2.05) is 19.1 Å². The number of nitriles is 1. The first-order chi connectivity index (χ1) is 11.9. The van der Waals surface area contributed by atoms with Gasteiger partial charge in [0.2, 0.25) is 0 Å². The molecule has 0 unspecified atom stereocenters. The highest BCUT2D eigenvalue weighted by Gasteiger charge is 2.15. The molecule has 0 saturated carbocycles. The highest BCUT2D eigenvalue weighted by molar-refractivity contribution is 7.14. The molecule has 0 saturated heterocycles. The molecule has 2 aromatic rings. The molecule has 1 amide bonds. The second-order valence-corrected chi connectivity index (χ2v) is 7.06. The normalized spacial score (nSPS) is 10.2. The number of anilines is 1. The molecule has 0 aliphatic carbocycles. The highest BCUT2D eigenvalue weighted by Crippen LogP contribution is 2.24. The Hall–Kier alpha value is -2.36. The molecular formula is C18H17ClN2O3S. The average molecular weight is 377 g/mol. The van der Waals surface area contributed by atoms with Crippen LogP contribution in [0.4, 0.5) is 5.69 Å². The van der Waals surface area contributed by atoms with E-state index in [9.17, 15) is 9.59 Å². The summed E-state index contributed by atoms with van der Waals surface area (Å²) >= 11 is 7.22. The van der Waals surface area contributed by atoms with Crippen LogP contribution in [0.1, 0.15) is 39.0 Å². The summed E-state index contributed by atoms with van der Waals surface area (Å²) in [5.41, 5.74) is 1.69. The second-order valence-electron chi connectivity index (χ2n) is 5.37. The number of amides is 1. The van der Waals surface area contributed by atoms with Crippen LogP contribution in [0.2, 0.25) is 5.02 Å². The van der Waals surface area contributed by atoms with Crippen molar-refractivity contribution in [2.75, 3.05) is 11.9 Å². The SMILES string of the molecule is CCCc1cc(C(=O)OCC(=O)Nc2cc(Cl)ccc2C#N)sc1C. The van der Waals surface area contributed by atoms with E-state index in [1.54, 1.807) is 6.07 Å². The van der Waals surface area contributed by atoms with Crippen molar-refractivity contribution in [3.05, 3.63) is 50.2 Å². The Morgan fingerprint density at radius 1 is 1.36 bits per heavy atom. The van der Waals surface area contributed by atoms with Crippen LogP contribution in [-0.4, -0.2) is 18.5 Å². The van der Waals surface area contributed by atoms with Crippen molar-refractivity contribution >= 4 is 40.5 Å². The summed E-state index contributed by atoms with van der Waals surface area (Å²) in [5, 5.41) is 12.0. The van der Waals surface area contributed by atoms with Crippen LogP contribution in [0, 0.1) is 18.3 Å². The molecule has 0 aliphatic heterocycles. The molecule has 1 aromatic heterocycles. The lowest BCUT2D eigenvalue weighted by atomic mass is 10.1. The van der Waals surface area contributed by atoms with Crippen molar-refractivity contribution in [2.24, 2.45) is 0 Å². The van der Waals surface area contributed by atoms with E-state index in [1.165, 1.54) is 23.5 Å². The molecule has 0 bridgehead atoms. The molecule has 0 spiro atoms. The smallest absolute Gasteiger partial charge is 0.348 e. The minimum atomic E-state index is -0.533. The van der Waals surface area contributed by atoms with Crippen molar-refractivity contribution in [2.45, 2.75) is 26.7 Å². The van der Waals surface area contributed by atoms with Crippen LogP contribution in [0.5, 0.6) is 0 Å². The van der Waals surface area contributed by atoms with Gasteiger partial charge < -0.3 is 10.1 Å². The zero-order valence-electron chi connectivity index (χ0n) is 13.9. The summed E-state index contributed by atoms with van der Waals surface area (Å²) in [4.78, 5) is 25.6. The van der Waals surface area contributed by atoms with Crippen LogP contribution in [0.3, 0.4) is 0 Å². The van der Waals surface area contributed by atoms with Gasteiger partial charge in [0, 0.05) is 9.90 Å². The van der Waals surface area contributed by atoms with Gasteiger partial charge in [-0.25, -0.2) is 4.79 Å². The number of hydrogen-bond donors (Lipinski definition) is 1. The maximum Gasteiger partial charge on any atom is 0.348 e. The summed E-state index contributed by atoms with van der Waals surface area (Å²) in [6.45, 7) is 3.60. The van der Waals surface area contributed by atoms with E-state index in [-0.39, 0.29) is 11.3 Å². The molecule has 130 valence electrons. The maximum absolute atomic E-state index is 12.1. The van der Waals surface area contributed by atoms with Gasteiger partial charge in [-0.3, -0.25) is 4.79 Å². The molecular weight excluding hydrogens is 360 g/mol. The van der Waals surface area contributed by atoms with E-state index < -0.39 is 18.5 Å². The van der Waals surface area contributed by atoms with Gasteiger partial charge >= 0.3 is 5.97 Å². The molecule has 1 aromatic carbocycles. The minimum absolute atomic E-state index is 0.280. The van der Waals surface area contributed by atoms with Gasteiger partial charge in [-0.2, -0.15) is 5.26 Å². The van der Waals surface area contributed by atoms with Crippen LogP contribution in [-0.2, 0) is 16.0 Å². The van der Waals surface area contributed by atoms with Crippen molar-refractivity contribution in [1.82, 2.24) is 0 Å². The highest BCUT2D eigenvalue weighted by atomic mass is 35.5. The fraction of sp³-hybridized carbons (Fsp3) is 0.278. The van der Waals surface area contributed by atoms with Crippen molar-refractivity contribution in [1.29, 1.82) is 5.26 Å². The predicted octanol–water partition coefficient (Wildman–Crippen LogP) is 4.33. The standard InChI is InChI=1S/C18H17ClN2O3S/c1-3-4-12-7-16(25-11(12)2)18(23)24-10-17(22)21-15-8-14(19)6-5-13(15)9-20/h5-8H,3-4,10H2,1-2H3,(H,21,22). The maximum atomic E-state index is 12.1.